The van der Waals surface area contributed by atoms with Gasteiger partial charge in [0.15, 0.2) is 13.2 Å². The van der Waals surface area contributed by atoms with E-state index in [2.05, 4.69) is 16.1 Å². The van der Waals surface area contributed by atoms with Crippen LogP contribution in [0.1, 0.15) is 26.7 Å². The first-order valence-electron chi connectivity index (χ1n) is 6.20. The lowest BCUT2D eigenvalue weighted by molar-refractivity contribution is -0.168. The topological polar surface area (TPSA) is 78.9 Å². The van der Waals surface area contributed by atoms with Crippen molar-refractivity contribution >= 4 is 17.9 Å². The zero-order valence-corrected chi connectivity index (χ0v) is 11.6. The van der Waals surface area contributed by atoms with E-state index in [9.17, 15) is 14.4 Å². The summed E-state index contributed by atoms with van der Waals surface area (Å²) in [5.41, 5.74) is -0.450. The monoisotopic (exact) mass is 282 g/mol. The Morgan fingerprint density at radius 2 is 1.85 bits per heavy atom. The molecule has 0 saturated heterocycles. The Bertz CT molecular complexity index is 451. The van der Waals surface area contributed by atoms with Crippen LogP contribution in [0.2, 0.25) is 0 Å². The fourth-order valence-corrected chi connectivity index (χ4v) is 1.59. The van der Waals surface area contributed by atoms with Gasteiger partial charge in [-0.1, -0.05) is 12.7 Å². The molecule has 0 amide bonds. The Morgan fingerprint density at radius 1 is 1.20 bits per heavy atom. The molecule has 110 valence electrons. The summed E-state index contributed by atoms with van der Waals surface area (Å²) in [7, 11) is 0. The van der Waals surface area contributed by atoms with Crippen molar-refractivity contribution in [3.05, 3.63) is 24.3 Å². The molecule has 0 bridgehead atoms. The molecule has 1 atom stereocenters. The zero-order valence-electron chi connectivity index (χ0n) is 11.6. The maximum absolute atomic E-state index is 11.5. The lowest BCUT2D eigenvalue weighted by Gasteiger charge is -2.22. The van der Waals surface area contributed by atoms with Gasteiger partial charge in [-0.3, -0.25) is 0 Å². The van der Waals surface area contributed by atoms with Crippen LogP contribution in [-0.2, 0) is 28.6 Å². The summed E-state index contributed by atoms with van der Waals surface area (Å²) in [6.45, 7) is 5.54. The Labute approximate surface area is 117 Å². The molecule has 20 heavy (non-hydrogen) atoms. The van der Waals surface area contributed by atoms with Gasteiger partial charge in [-0.2, -0.15) is 0 Å². The molecule has 0 fully saturated rings. The molecule has 0 aromatic rings. The Kier molecular flexibility index (Phi) is 5.49. The van der Waals surface area contributed by atoms with Gasteiger partial charge in [-0.05, 0) is 32.8 Å². The number of carbonyl (C=O) groups is 3. The highest BCUT2D eigenvalue weighted by Crippen LogP contribution is 2.25. The van der Waals surface area contributed by atoms with E-state index in [0.717, 1.165) is 6.42 Å². The summed E-state index contributed by atoms with van der Waals surface area (Å²) in [6, 6.07) is 0. The van der Waals surface area contributed by atoms with E-state index in [1.807, 2.05) is 6.08 Å². The minimum Gasteiger partial charge on any atom is -0.453 e. The summed E-state index contributed by atoms with van der Waals surface area (Å²) in [5.74, 6) is -2.14. The lowest BCUT2D eigenvalue weighted by Crippen LogP contribution is -2.30. The highest BCUT2D eigenvalue weighted by molar-refractivity contribution is 5.88. The molecule has 6 heteroatoms. The average molecular weight is 282 g/mol. The minimum atomic E-state index is -0.816. The van der Waals surface area contributed by atoms with E-state index < -0.39 is 36.7 Å². The standard InChI is InChI=1S/C14H18O6/c1-10(2)13(17)19-8-11(15)18-9-12(16)20-14(3)6-4-5-7-14/h4,6H,1,5,7-9H2,2-3H3. The van der Waals surface area contributed by atoms with Crippen molar-refractivity contribution in [2.45, 2.75) is 32.3 Å². The molecule has 0 aromatic carbocycles. The van der Waals surface area contributed by atoms with Gasteiger partial charge in [0, 0.05) is 5.57 Å². The van der Waals surface area contributed by atoms with E-state index >= 15 is 0 Å². The highest BCUT2D eigenvalue weighted by atomic mass is 16.6. The molecule has 1 unspecified atom stereocenters. The molecule has 6 nitrogen and oxygen atoms in total. The molecule has 0 aliphatic heterocycles. The van der Waals surface area contributed by atoms with Gasteiger partial charge in [-0.15, -0.1) is 0 Å². The van der Waals surface area contributed by atoms with Crippen LogP contribution < -0.4 is 0 Å². The van der Waals surface area contributed by atoms with Gasteiger partial charge in [0.2, 0.25) is 0 Å². The van der Waals surface area contributed by atoms with Crippen molar-refractivity contribution in [1.82, 2.24) is 0 Å². The Morgan fingerprint density at radius 3 is 2.40 bits per heavy atom. The summed E-state index contributed by atoms with van der Waals surface area (Å²) < 4.78 is 14.4. The maximum atomic E-state index is 11.5. The Balaban J connectivity index is 2.23. The van der Waals surface area contributed by atoms with Crippen LogP contribution in [0.15, 0.2) is 24.3 Å². The highest BCUT2D eigenvalue weighted by Gasteiger charge is 2.28. The van der Waals surface area contributed by atoms with Crippen LogP contribution in [0.3, 0.4) is 0 Å². The van der Waals surface area contributed by atoms with Crippen molar-refractivity contribution in [3.63, 3.8) is 0 Å². The molecule has 0 N–H and O–H groups in total. The van der Waals surface area contributed by atoms with Gasteiger partial charge in [0.25, 0.3) is 0 Å². The van der Waals surface area contributed by atoms with Gasteiger partial charge < -0.3 is 14.2 Å². The average Bonchev–Trinajstić information content (AvgIpc) is 2.79. The summed E-state index contributed by atoms with van der Waals surface area (Å²) in [4.78, 5) is 33.8. The first kappa shape index (κ1) is 15.9. The van der Waals surface area contributed by atoms with Crippen molar-refractivity contribution in [3.8, 4) is 0 Å². The molecule has 0 heterocycles. The molecule has 0 aromatic heterocycles. The second-order valence-electron chi connectivity index (χ2n) is 4.74. The molecule has 0 saturated carbocycles. The predicted molar refractivity (Wildman–Crippen MR) is 69.6 cm³/mol. The fraction of sp³-hybridized carbons (Fsp3) is 0.500. The molecule has 1 aliphatic carbocycles. The quantitative estimate of drug-likeness (QED) is 0.316. The Hall–Kier alpha value is -2.11. The van der Waals surface area contributed by atoms with E-state index in [1.54, 1.807) is 13.0 Å². The second-order valence-corrected chi connectivity index (χ2v) is 4.74. The second kappa shape index (κ2) is 6.88. The SMILES string of the molecule is C=C(C)C(=O)OCC(=O)OCC(=O)OC1(C)C=CCC1. The summed E-state index contributed by atoms with van der Waals surface area (Å²) in [5, 5.41) is 0. The number of rotatable bonds is 6. The first-order chi connectivity index (χ1) is 9.32. The minimum absolute atomic E-state index is 0.179. The summed E-state index contributed by atoms with van der Waals surface area (Å²) in [6.07, 6.45) is 5.29. The number of esters is 3. The van der Waals surface area contributed by atoms with E-state index in [1.165, 1.54) is 6.92 Å². The molecule has 0 radical (unpaired) electrons. The third-order valence-corrected chi connectivity index (χ3v) is 2.65. The zero-order chi connectivity index (χ0) is 15.2. The number of hydrogen-bond acceptors (Lipinski definition) is 6. The number of hydrogen-bond donors (Lipinski definition) is 0. The number of allylic oxidation sites excluding steroid dienone is 1. The van der Waals surface area contributed by atoms with Crippen LogP contribution in [-0.4, -0.2) is 36.7 Å². The van der Waals surface area contributed by atoms with E-state index in [0.29, 0.717) is 6.42 Å². The third-order valence-electron chi connectivity index (χ3n) is 2.65. The van der Waals surface area contributed by atoms with Gasteiger partial charge in [0.1, 0.15) is 5.60 Å². The van der Waals surface area contributed by atoms with Crippen LogP contribution in [0.4, 0.5) is 0 Å². The first-order valence-corrected chi connectivity index (χ1v) is 6.20. The third kappa shape index (κ3) is 5.26. The van der Waals surface area contributed by atoms with Crippen LogP contribution in [0, 0.1) is 0 Å². The molecular weight excluding hydrogens is 264 g/mol. The fourth-order valence-electron chi connectivity index (χ4n) is 1.59. The largest absolute Gasteiger partial charge is 0.453 e. The van der Waals surface area contributed by atoms with Gasteiger partial charge >= 0.3 is 17.9 Å². The van der Waals surface area contributed by atoms with Gasteiger partial charge in [0.05, 0.1) is 0 Å². The normalized spacial score (nSPS) is 20.3. The van der Waals surface area contributed by atoms with E-state index in [4.69, 9.17) is 4.74 Å². The van der Waals surface area contributed by atoms with Crippen molar-refractivity contribution in [2.75, 3.05) is 13.2 Å². The van der Waals surface area contributed by atoms with Crippen molar-refractivity contribution < 1.29 is 28.6 Å². The van der Waals surface area contributed by atoms with Crippen LogP contribution >= 0.6 is 0 Å². The molecule has 1 rings (SSSR count). The number of ether oxygens (including phenoxy) is 3. The van der Waals surface area contributed by atoms with Crippen LogP contribution in [0.5, 0.6) is 0 Å². The smallest absolute Gasteiger partial charge is 0.345 e. The van der Waals surface area contributed by atoms with Crippen molar-refractivity contribution in [2.24, 2.45) is 0 Å². The van der Waals surface area contributed by atoms with E-state index in [-0.39, 0.29) is 5.57 Å². The molecular formula is C14H18O6. The lowest BCUT2D eigenvalue weighted by atomic mass is 10.1. The predicted octanol–water partition coefficient (Wildman–Crippen LogP) is 1.30. The van der Waals surface area contributed by atoms with Crippen LogP contribution in [0.25, 0.3) is 0 Å². The molecule has 0 spiro atoms. The maximum Gasteiger partial charge on any atom is 0.345 e. The molecule has 1 aliphatic rings. The number of carbonyl (C=O) groups excluding carboxylic acids is 3. The van der Waals surface area contributed by atoms with Crippen molar-refractivity contribution in [1.29, 1.82) is 0 Å². The summed E-state index contributed by atoms with van der Waals surface area (Å²) >= 11 is 0. The van der Waals surface area contributed by atoms with Gasteiger partial charge in [-0.25, -0.2) is 14.4 Å².